The fourth-order valence-electron chi connectivity index (χ4n) is 0. The quantitative estimate of drug-likeness (QED) is 0.402. The maximum atomic E-state index is 0. The van der Waals surface area contributed by atoms with Crippen molar-refractivity contribution in [3.05, 3.63) is 0 Å². The SMILES string of the molecule is [Al+3].[Cr+3].[Mg+2].[O-2].[O-2].[O-2].[O-2]. The van der Waals surface area contributed by atoms with E-state index in [0.29, 0.717) is 0 Å². The van der Waals surface area contributed by atoms with Crippen LogP contribution in [0.3, 0.4) is 0 Å². The van der Waals surface area contributed by atoms with E-state index in [-0.39, 0.29) is 79.7 Å². The summed E-state index contributed by atoms with van der Waals surface area (Å²) in [6, 6.07) is 0. The molecule has 0 aliphatic heterocycles. The van der Waals surface area contributed by atoms with Gasteiger partial charge < -0.3 is 21.9 Å². The Hall–Kier alpha value is 1.67. The molecular weight excluding hydrogens is 167 g/mol. The van der Waals surface area contributed by atoms with Crippen LogP contribution >= 0.6 is 0 Å². The Kier molecular flexibility index (Phi) is 3190. The summed E-state index contributed by atoms with van der Waals surface area (Å²) in [5, 5.41) is 0. The minimum atomic E-state index is 0. The summed E-state index contributed by atoms with van der Waals surface area (Å²) in [6.07, 6.45) is 0. The number of hydrogen-bond acceptors (Lipinski definition) is 0. The van der Waals surface area contributed by atoms with Crippen molar-refractivity contribution < 1.29 is 39.3 Å². The number of rotatable bonds is 0. The van der Waals surface area contributed by atoms with E-state index in [1.807, 2.05) is 0 Å². The molecule has 0 aromatic heterocycles. The summed E-state index contributed by atoms with van der Waals surface area (Å²) >= 11 is 0. The van der Waals surface area contributed by atoms with Gasteiger partial charge in [0, 0.05) is 0 Å². The average Bonchev–Trinajstić information content (AvgIpc) is 0. The third-order valence-corrected chi connectivity index (χ3v) is 0. The van der Waals surface area contributed by atoms with Gasteiger partial charge in [0.15, 0.2) is 0 Å². The molecule has 0 aliphatic carbocycles. The van der Waals surface area contributed by atoms with Crippen molar-refractivity contribution in [2.24, 2.45) is 0 Å². The Balaban J connectivity index is 0. The Labute approximate surface area is 79.3 Å². The zero-order chi connectivity index (χ0) is 0. The molecule has 0 aliphatic rings. The zero-order valence-corrected chi connectivity index (χ0v) is 7.17. The van der Waals surface area contributed by atoms with E-state index in [0.717, 1.165) is 0 Å². The van der Waals surface area contributed by atoms with Crippen LogP contribution in [0.2, 0.25) is 0 Å². The summed E-state index contributed by atoms with van der Waals surface area (Å²) in [6.45, 7) is 0. The average molecular weight is 167 g/mol. The van der Waals surface area contributed by atoms with Gasteiger partial charge in [-0.1, -0.05) is 0 Å². The molecule has 0 aromatic rings. The topological polar surface area (TPSA) is 114 Å². The largest absolute Gasteiger partial charge is 3.00 e. The minimum absolute atomic E-state index is 0. The van der Waals surface area contributed by atoms with E-state index in [1.165, 1.54) is 0 Å². The van der Waals surface area contributed by atoms with E-state index in [4.69, 9.17) is 0 Å². The molecule has 0 rings (SSSR count). The molecule has 0 atom stereocenters. The molecule has 0 spiro atoms. The van der Waals surface area contributed by atoms with Gasteiger partial charge in [0.25, 0.3) is 0 Å². The van der Waals surface area contributed by atoms with Crippen LogP contribution < -0.4 is 0 Å². The van der Waals surface area contributed by atoms with Gasteiger partial charge in [-0.2, -0.15) is 0 Å². The fraction of sp³-hybridized carbons (Fsp3) is 0. The second-order valence-corrected chi connectivity index (χ2v) is 0. The first-order chi connectivity index (χ1) is 0. The van der Waals surface area contributed by atoms with E-state index >= 15 is 0 Å². The van der Waals surface area contributed by atoms with Crippen LogP contribution in [0, 0.1) is 0 Å². The third kappa shape index (κ3) is 88.3. The number of hydrogen-bond donors (Lipinski definition) is 0. The van der Waals surface area contributed by atoms with Gasteiger partial charge in [-0.3, -0.25) is 0 Å². The molecule has 7 heteroatoms. The van der Waals surface area contributed by atoms with Crippen molar-refractivity contribution in [2.45, 2.75) is 0 Å². The van der Waals surface area contributed by atoms with Crippen LogP contribution in [0.4, 0.5) is 0 Å². The van der Waals surface area contributed by atoms with Crippen molar-refractivity contribution in [2.75, 3.05) is 0 Å². The van der Waals surface area contributed by atoms with Crippen molar-refractivity contribution in [3.63, 3.8) is 0 Å². The third-order valence-electron chi connectivity index (χ3n) is 0. The maximum Gasteiger partial charge on any atom is 3.00 e. The molecule has 0 unspecified atom stereocenters. The van der Waals surface area contributed by atoms with E-state index in [9.17, 15) is 0 Å². The van der Waals surface area contributed by atoms with Crippen LogP contribution in [-0.4, -0.2) is 40.4 Å². The first-order valence-electron chi connectivity index (χ1n) is 0. The maximum absolute atomic E-state index is 0. The van der Waals surface area contributed by atoms with Gasteiger partial charge in [-0.15, -0.1) is 0 Å². The Bertz CT molecular complexity index is 11.7. The second kappa shape index (κ2) is 122. The van der Waals surface area contributed by atoms with Crippen LogP contribution in [0.1, 0.15) is 0 Å². The van der Waals surface area contributed by atoms with Gasteiger partial charge in [-0.05, 0) is 0 Å². The Morgan fingerprint density at radius 1 is 0.571 bits per heavy atom. The monoisotopic (exact) mass is 167 g/mol. The summed E-state index contributed by atoms with van der Waals surface area (Å²) in [7, 11) is 0. The predicted octanol–water partition coefficient (Wildman–Crippen LogP) is -1.24. The molecule has 35 valence electrons. The summed E-state index contributed by atoms with van der Waals surface area (Å²) in [5.74, 6) is 0. The molecular formula is AlCrMgO4. The van der Waals surface area contributed by atoms with Crippen molar-refractivity contribution in [1.29, 1.82) is 0 Å². The summed E-state index contributed by atoms with van der Waals surface area (Å²) < 4.78 is 0. The van der Waals surface area contributed by atoms with Gasteiger partial charge in [-0.25, -0.2) is 0 Å². The van der Waals surface area contributed by atoms with Crippen molar-refractivity contribution in [3.8, 4) is 0 Å². The molecule has 0 amide bonds. The van der Waals surface area contributed by atoms with Crippen molar-refractivity contribution in [1.82, 2.24) is 0 Å². The molecule has 0 fully saturated rings. The van der Waals surface area contributed by atoms with E-state index in [1.54, 1.807) is 0 Å². The van der Waals surface area contributed by atoms with Crippen molar-refractivity contribution >= 4 is 40.4 Å². The van der Waals surface area contributed by atoms with E-state index in [2.05, 4.69) is 0 Å². The van der Waals surface area contributed by atoms with Gasteiger partial charge in [0.1, 0.15) is 0 Å². The first-order valence-corrected chi connectivity index (χ1v) is 0. The van der Waals surface area contributed by atoms with Crippen LogP contribution in [-0.2, 0) is 39.3 Å². The van der Waals surface area contributed by atoms with Crippen LogP contribution in [0.5, 0.6) is 0 Å². The normalized spacial score (nSPS) is 0. The first kappa shape index (κ1) is 183. The molecule has 0 saturated carbocycles. The van der Waals surface area contributed by atoms with Gasteiger partial charge in [0.05, 0.1) is 0 Å². The molecule has 0 aromatic carbocycles. The fourth-order valence-corrected chi connectivity index (χ4v) is 0. The van der Waals surface area contributed by atoms with Crippen LogP contribution in [0.15, 0.2) is 0 Å². The molecule has 0 saturated heterocycles. The summed E-state index contributed by atoms with van der Waals surface area (Å²) in [5.41, 5.74) is 0. The van der Waals surface area contributed by atoms with Crippen LogP contribution in [0.25, 0.3) is 0 Å². The minimum Gasteiger partial charge on any atom is -2.00 e. The van der Waals surface area contributed by atoms with Gasteiger partial charge in [0.2, 0.25) is 0 Å². The Morgan fingerprint density at radius 3 is 0.571 bits per heavy atom. The second-order valence-electron chi connectivity index (χ2n) is 0. The molecule has 7 heavy (non-hydrogen) atoms. The van der Waals surface area contributed by atoms with E-state index < -0.39 is 0 Å². The molecule has 0 heterocycles. The molecule has 4 nitrogen and oxygen atoms in total. The Morgan fingerprint density at radius 2 is 0.571 bits per heavy atom. The molecule has 0 bridgehead atoms. The smallest absolute Gasteiger partial charge is 2.00 e. The summed E-state index contributed by atoms with van der Waals surface area (Å²) in [4.78, 5) is 0. The molecule has 0 N–H and O–H groups in total. The van der Waals surface area contributed by atoms with Gasteiger partial charge >= 0.3 is 57.8 Å². The standard InChI is InChI=1S/Al.Cr.Mg.4O/q2*+3;+2;4*-2. The molecule has 1 radical (unpaired) electrons. The predicted molar refractivity (Wildman–Crippen MR) is 14.3 cm³/mol. The zero-order valence-electron chi connectivity index (χ0n) is 3.33.